The first-order valence-electron chi connectivity index (χ1n) is 3.11. The van der Waals surface area contributed by atoms with Gasteiger partial charge in [-0.1, -0.05) is 0 Å². The fourth-order valence-electron chi connectivity index (χ4n) is 0.861. The van der Waals surface area contributed by atoms with Gasteiger partial charge in [-0.2, -0.15) is 7.99 Å². The molecule has 0 aliphatic carbocycles. The van der Waals surface area contributed by atoms with Crippen LogP contribution < -0.4 is 0 Å². The molecule has 11 heavy (non-hydrogen) atoms. The lowest BCUT2D eigenvalue weighted by Crippen LogP contribution is -1.88. The second-order valence-electron chi connectivity index (χ2n) is 2.22. The van der Waals surface area contributed by atoms with Gasteiger partial charge >= 0.3 is 0 Å². The summed E-state index contributed by atoms with van der Waals surface area (Å²) in [6.45, 7) is 1.91. The first-order chi connectivity index (χ1) is 5.27. The highest BCUT2D eigenvalue weighted by molar-refractivity contribution is 14.1. The summed E-state index contributed by atoms with van der Waals surface area (Å²) in [7, 11) is 0. The normalized spacial score (nSPS) is 10.7. The van der Waals surface area contributed by atoms with Gasteiger partial charge in [0.15, 0.2) is 5.65 Å². The van der Waals surface area contributed by atoms with E-state index in [2.05, 4.69) is 37.9 Å². The summed E-state index contributed by atoms with van der Waals surface area (Å²) in [4.78, 5) is 8.42. The summed E-state index contributed by atoms with van der Waals surface area (Å²) in [5.74, 6) is 0. The van der Waals surface area contributed by atoms with E-state index in [4.69, 9.17) is 0 Å². The number of fused-ring (bicyclic) bond motifs is 1. The topological polar surface area (TPSA) is 43.6 Å². The second kappa shape index (κ2) is 2.40. The molecule has 0 spiro atoms. The van der Waals surface area contributed by atoms with Crippen LogP contribution in [0.3, 0.4) is 0 Å². The smallest absolute Gasteiger partial charge is 0.187 e. The Morgan fingerprint density at radius 2 is 2.27 bits per heavy atom. The molecule has 2 heterocycles. The highest BCUT2D eigenvalue weighted by Crippen LogP contribution is 2.09. The van der Waals surface area contributed by atoms with Gasteiger partial charge in [-0.05, 0) is 6.92 Å². The fraction of sp³-hybridized carbons (Fsp3) is 0.167. The quantitative estimate of drug-likeness (QED) is 0.671. The van der Waals surface area contributed by atoms with E-state index in [0.717, 1.165) is 16.9 Å². The maximum atomic E-state index is 4.27. The molecular weight excluding hydrogens is 255 g/mol. The Morgan fingerprint density at radius 3 is 3.09 bits per heavy atom. The molecule has 2 aromatic heterocycles. The summed E-state index contributed by atoms with van der Waals surface area (Å²) in [5, 5.41) is 4.02. The van der Waals surface area contributed by atoms with Crippen LogP contribution in [0.4, 0.5) is 0 Å². The molecule has 0 radical (unpaired) electrons. The molecule has 0 fully saturated rings. The van der Waals surface area contributed by atoms with E-state index in [0.29, 0.717) is 0 Å². The average Bonchev–Trinajstić information content (AvgIpc) is 2.33. The number of halogens is 1. The SMILES string of the molecule is Cc1cnc2cnn(I)c2n1. The van der Waals surface area contributed by atoms with Crippen molar-refractivity contribution in [2.24, 2.45) is 0 Å². The van der Waals surface area contributed by atoms with E-state index in [9.17, 15) is 0 Å². The van der Waals surface area contributed by atoms with Gasteiger partial charge in [0.1, 0.15) is 5.52 Å². The summed E-state index contributed by atoms with van der Waals surface area (Å²) in [6.07, 6.45) is 3.44. The predicted octanol–water partition coefficient (Wildman–Crippen LogP) is 1.33. The van der Waals surface area contributed by atoms with Crippen molar-refractivity contribution in [2.75, 3.05) is 0 Å². The van der Waals surface area contributed by atoms with Gasteiger partial charge in [-0.3, -0.25) is 0 Å². The zero-order valence-corrected chi connectivity index (χ0v) is 7.98. The van der Waals surface area contributed by atoms with Gasteiger partial charge in [0.05, 0.1) is 34.8 Å². The van der Waals surface area contributed by atoms with Crippen molar-refractivity contribution in [3.63, 3.8) is 0 Å². The van der Waals surface area contributed by atoms with Gasteiger partial charge in [0.2, 0.25) is 0 Å². The molecular formula is C6H5IN4. The molecule has 56 valence electrons. The van der Waals surface area contributed by atoms with Crippen LogP contribution in [0.5, 0.6) is 0 Å². The monoisotopic (exact) mass is 260 g/mol. The first-order valence-corrected chi connectivity index (χ1v) is 4.07. The zero-order valence-electron chi connectivity index (χ0n) is 5.82. The average molecular weight is 260 g/mol. The van der Waals surface area contributed by atoms with Crippen LogP contribution in [0.2, 0.25) is 0 Å². The summed E-state index contributed by atoms with van der Waals surface area (Å²) >= 11 is 2.07. The van der Waals surface area contributed by atoms with Crippen LogP contribution in [0.1, 0.15) is 5.69 Å². The minimum Gasteiger partial charge on any atom is -0.249 e. The van der Waals surface area contributed by atoms with Crippen molar-refractivity contribution in [3.8, 4) is 0 Å². The maximum Gasteiger partial charge on any atom is 0.187 e. The molecule has 0 unspecified atom stereocenters. The van der Waals surface area contributed by atoms with Gasteiger partial charge in [0, 0.05) is 6.20 Å². The maximum absolute atomic E-state index is 4.27. The molecule has 2 rings (SSSR count). The molecule has 0 aliphatic heterocycles. The van der Waals surface area contributed by atoms with Gasteiger partial charge in [-0.15, -0.1) is 0 Å². The summed E-state index contributed by atoms with van der Waals surface area (Å²) < 4.78 is 1.69. The van der Waals surface area contributed by atoms with Crippen molar-refractivity contribution >= 4 is 34.0 Å². The molecule has 0 atom stereocenters. The number of aryl methyl sites for hydroxylation is 1. The molecule has 2 aromatic rings. The van der Waals surface area contributed by atoms with Crippen LogP contribution >= 0.6 is 22.9 Å². The summed E-state index contributed by atoms with van der Waals surface area (Å²) in [6, 6.07) is 0. The fourth-order valence-corrected chi connectivity index (χ4v) is 1.34. The lowest BCUT2D eigenvalue weighted by molar-refractivity contribution is 1.05. The van der Waals surface area contributed by atoms with E-state index in [1.54, 1.807) is 15.3 Å². The van der Waals surface area contributed by atoms with Gasteiger partial charge in [-0.25, -0.2) is 9.97 Å². The molecule has 0 N–H and O–H groups in total. The third kappa shape index (κ3) is 1.09. The Morgan fingerprint density at radius 1 is 1.45 bits per heavy atom. The Bertz CT molecular complexity index is 394. The van der Waals surface area contributed by atoms with Crippen molar-refractivity contribution in [3.05, 3.63) is 18.1 Å². The van der Waals surface area contributed by atoms with Gasteiger partial charge < -0.3 is 0 Å². The molecule has 0 saturated carbocycles. The van der Waals surface area contributed by atoms with Crippen LogP contribution in [-0.2, 0) is 0 Å². The minimum absolute atomic E-state index is 0.825. The van der Waals surface area contributed by atoms with E-state index in [1.807, 2.05) is 6.92 Å². The molecule has 0 aromatic carbocycles. The van der Waals surface area contributed by atoms with Crippen LogP contribution in [0.25, 0.3) is 11.2 Å². The second-order valence-corrected chi connectivity index (χ2v) is 3.14. The Labute approximate surface area is 77.1 Å². The lowest BCUT2D eigenvalue weighted by Gasteiger charge is -1.91. The van der Waals surface area contributed by atoms with E-state index >= 15 is 0 Å². The highest BCUT2D eigenvalue weighted by Gasteiger charge is 2.01. The number of nitrogens with zero attached hydrogens (tertiary/aromatic N) is 4. The van der Waals surface area contributed by atoms with Crippen LogP contribution in [-0.4, -0.2) is 18.0 Å². The molecule has 0 aliphatic rings. The van der Waals surface area contributed by atoms with Crippen molar-refractivity contribution in [2.45, 2.75) is 6.92 Å². The molecule has 4 nitrogen and oxygen atoms in total. The predicted molar refractivity (Wildman–Crippen MR) is 49.5 cm³/mol. The third-order valence-corrected chi connectivity index (χ3v) is 2.06. The van der Waals surface area contributed by atoms with Crippen molar-refractivity contribution in [1.82, 2.24) is 18.0 Å². The number of hydrogen-bond acceptors (Lipinski definition) is 3. The molecule has 0 bridgehead atoms. The Balaban J connectivity index is 2.87. The van der Waals surface area contributed by atoms with E-state index in [-0.39, 0.29) is 0 Å². The number of rotatable bonds is 0. The standard InChI is InChI=1S/C6H5IN4/c1-4-2-8-5-3-9-11(7)6(5)10-4/h2-3H,1H3. The van der Waals surface area contributed by atoms with Crippen molar-refractivity contribution < 1.29 is 0 Å². The molecule has 0 saturated heterocycles. The number of hydrogen-bond donors (Lipinski definition) is 0. The lowest BCUT2D eigenvalue weighted by atomic mass is 10.5. The van der Waals surface area contributed by atoms with Crippen LogP contribution in [0, 0.1) is 6.92 Å². The first kappa shape index (κ1) is 6.96. The highest BCUT2D eigenvalue weighted by atomic mass is 127. The van der Waals surface area contributed by atoms with E-state index < -0.39 is 0 Å². The third-order valence-electron chi connectivity index (χ3n) is 1.36. The van der Waals surface area contributed by atoms with Gasteiger partial charge in [0.25, 0.3) is 0 Å². The number of aromatic nitrogens is 4. The Kier molecular flexibility index (Phi) is 1.52. The molecule has 5 heteroatoms. The zero-order chi connectivity index (χ0) is 7.84. The Hall–Kier alpha value is -0.720. The van der Waals surface area contributed by atoms with E-state index in [1.165, 1.54) is 0 Å². The van der Waals surface area contributed by atoms with Crippen LogP contribution in [0.15, 0.2) is 12.4 Å². The molecule has 0 amide bonds. The summed E-state index contributed by atoms with van der Waals surface area (Å²) in [5.41, 5.74) is 2.58. The largest absolute Gasteiger partial charge is 0.249 e. The van der Waals surface area contributed by atoms with Crippen molar-refractivity contribution in [1.29, 1.82) is 0 Å². The minimum atomic E-state index is 0.825.